The van der Waals surface area contributed by atoms with Gasteiger partial charge in [-0.2, -0.15) is 5.10 Å². The molecular formula is C10H17N5S. The van der Waals surface area contributed by atoms with E-state index in [1.807, 2.05) is 6.92 Å². The van der Waals surface area contributed by atoms with E-state index in [2.05, 4.69) is 25.8 Å². The molecule has 1 saturated carbocycles. The second-order valence-corrected chi connectivity index (χ2v) is 4.60. The first-order valence-electron chi connectivity index (χ1n) is 5.68. The molecule has 5 nitrogen and oxygen atoms in total. The van der Waals surface area contributed by atoms with Crippen LogP contribution < -0.4 is 10.6 Å². The maximum atomic E-state index is 5.26. The Hall–Kier alpha value is -1.17. The Kier molecular flexibility index (Phi) is 3.71. The fraction of sp³-hybridized carbons (Fsp3) is 0.700. The van der Waals surface area contributed by atoms with E-state index < -0.39 is 0 Å². The molecule has 1 fully saturated rings. The number of H-pyrrole nitrogens is 1. The molecule has 0 amide bonds. The smallest absolute Gasteiger partial charge is 0.167 e. The van der Waals surface area contributed by atoms with Gasteiger partial charge in [0, 0.05) is 6.04 Å². The van der Waals surface area contributed by atoms with Gasteiger partial charge in [-0.15, -0.1) is 0 Å². The number of hydrogen-bond donors (Lipinski definition) is 3. The number of hydrogen-bond acceptors (Lipinski definition) is 3. The van der Waals surface area contributed by atoms with Crippen LogP contribution in [0.15, 0.2) is 6.33 Å². The minimum atomic E-state index is 0.0592. The number of rotatable bonds is 3. The summed E-state index contributed by atoms with van der Waals surface area (Å²) in [6, 6.07) is 0.603. The summed E-state index contributed by atoms with van der Waals surface area (Å²) in [6.45, 7) is 2.00. The molecular weight excluding hydrogens is 222 g/mol. The van der Waals surface area contributed by atoms with E-state index in [1.165, 1.54) is 32.0 Å². The van der Waals surface area contributed by atoms with Crippen LogP contribution in [0.2, 0.25) is 0 Å². The number of aromatic nitrogens is 3. The van der Waals surface area contributed by atoms with E-state index in [0.717, 1.165) is 5.82 Å². The molecule has 1 aromatic rings. The highest BCUT2D eigenvalue weighted by atomic mass is 32.1. The first kappa shape index (κ1) is 11.3. The molecule has 1 unspecified atom stereocenters. The lowest BCUT2D eigenvalue weighted by Gasteiger charge is -2.18. The zero-order valence-electron chi connectivity index (χ0n) is 9.36. The molecule has 1 aliphatic rings. The van der Waals surface area contributed by atoms with E-state index in [9.17, 15) is 0 Å². The van der Waals surface area contributed by atoms with Crippen LogP contribution in [-0.4, -0.2) is 26.3 Å². The largest absolute Gasteiger partial charge is 0.360 e. The van der Waals surface area contributed by atoms with Crippen LogP contribution in [0.1, 0.15) is 44.5 Å². The third-order valence-corrected chi connectivity index (χ3v) is 3.12. The summed E-state index contributed by atoms with van der Waals surface area (Å²) in [7, 11) is 0. The Balaban J connectivity index is 1.78. The van der Waals surface area contributed by atoms with Gasteiger partial charge < -0.3 is 10.6 Å². The monoisotopic (exact) mass is 239 g/mol. The molecule has 3 N–H and O–H groups in total. The minimum absolute atomic E-state index is 0.0592. The first-order valence-corrected chi connectivity index (χ1v) is 6.09. The lowest BCUT2D eigenvalue weighted by atomic mass is 10.2. The van der Waals surface area contributed by atoms with Gasteiger partial charge in [-0.25, -0.2) is 4.98 Å². The topological polar surface area (TPSA) is 65.6 Å². The van der Waals surface area contributed by atoms with Crippen LogP contribution in [0.25, 0.3) is 0 Å². The van der Waals surface area contributed by atoms with Crippen molar-refractivity contribution in [3.8, 4) is 0 Å². The predicted octanol–water partition coefficient (Wildman–Crippen LogP) is 1.27. The molecule has 0 bridgehead atoms. The molecule has 16 heavy (non-hydrogen) atoms. The Morgan fingerprint density at radius 1 is 1.56 bits per heavy atom. The summed E-state index contributed by atoms with van der Waals surface area (Å²) in [5.74, 6) is 0.801. The summed E-state index contributed by atoms with van der Waals surface area (Å²) >= 11 is 5.26. The molecule has 1 aromatic heterocycles. The standard InChI is InChI=1S/C10H17N5S/c1-7(9-11-6-12-15-9)13-10(16)14-8-4-2-3-5-8/h6-8H,2-5H2,1H3,(H,11,12,15)(H2,13,14,16). The van der Waals surface area contributed by atoms with Gasteiger partial charge in [-0.05, 0) is 32.0 Å². The molecule has 88 valence electrons. The normalized spacial score (nSPS) is 18.3. The molecule has 0 aliphatic heterocycles. The average molecular weight is 239 g/mol. The van der Waals surface area contributed by atoms with Crippen molar-refractivity contribution in [2.75, 3.05) is 0 Å². The Labute approximate surface area is 100 Å². The lowest BCUT2D eigenvalue weighted by Crippen LogP contribution is -2.41. The number of thiocarbonyl (C=S) groups is 1. The number of nitrogens with zero attached hydrogens (tertiary/aromatic N) is 2. The highest BCUT2D eigenvalue weighted by Crippen LogP contribution is 2.17. The minimum Gasteiger partial charge on any atom is -0.360 e. The van der Waals surface area contributed by atoms with Crippen LogP contribution in [-0.2, 0) is 0 Å². The Morgan fingerprint density at radius 2 is 2.31 bits per heavy atom. The van der Waals surface area contributed by atoms with Crippen molar-refractivity contribution in [3.63, 3.8) is 0 Å². The van der Waals surface area contributed by atoms with Crippen LogP contribution >= 0.6 is 12.2 Å². The third-order valence-electron chi connectivity index (χ3n) is 2.88. The summed E-state index contributed by atoms with van der Waals surface area (Å²) in [4.78, 5) is 4.08. The number of aromatic amines is 1. The molecule has 1 aliphatic carbocycles. The molecule has 1 atom stereocenters. The number of nitrogens with one attached hydrogen (secondary N) is 3. The van der Waals surface area contributed by atoms with Crippen LogP contribution in [0.5, 0.6) is 0 Å². The maximum absolute atomic E-state index is 5.26. The quantitative estimate of drug-likeness (QED) is 0.693. The second kappa shape index (κ2) is 5.25. The molecule has 0 radical (unpaired) electrons. The molecule has 1 heterocycles. The van der Waals surface area contributed by atoms with Crippen LogP contribution in [0, 0.1) is 0 Å². The summed E-state index contributed by atoms with van der Waals surface area (Å²) in [6.07, 6.45) is 6.55. The average Bonchev–Trinajstić information content (AvgIpc) is 2.88. The molecule has 6 heteroatoms. The van der Waals surface area contributed by atoms with Gasteiger partial charge in [0.1, 0.15) is 12.2 Å². The van der Waals surface area contributed by atoms with Crippen molar-refractivity contribution in [2.45, 2.75) is 44.7 Å². The predicted molar refractivity (Wildman–Crippen MR) is 65.9 cm³/mol. The van der Waals surface area contributed by atoms with Crippen LogP contribution in [0.3, 0.4) is 0 Å². The third kappa shape index (κ3) is 2.91. The summed E-state index contributed by atoms with van der Waals surface area (Å²) < 4.78 is 0. The SMILES string of the molecule is CC(NC(=S)NC1CCCC1)c1ncn[nH]1. The second-order valence-electron chi connectivity index (χ2n) is 4.19. The maximum Gasteiger partial charge on any atom is 0.167 e. The van der Waals surface area contributed by atoms with Crippen molar-refractivity contribution in [1.29, 1.82) is 0 Å². The van der Waals surface area contributed by atoms with Gasteiger partial charge in [-0.1, -0.05) is 12.8 Å². The molecule has 0 aromatic carbocycles. The van der Waals surface area contributed by atoms with E-state index in [1.54, 1.807) is 0 Å². The molecule has 0 saturated heterocycles. The highest BCUT2D eigenvalue weighted by Gasteiger charge is 2.16. The van der Waals surface area contributed by atoms with Gasteiger partial charge in [0.2, 0.25) is 0 Å². The zero-order valence-corrected chi connectivity index (χ0v) is 10.2. The highest BCUT2D eigenvalue weighted by molar-refractivity contribution is 7.80. The summed E-state index contributed by atoms with van der Waals surface area (Å²) in [5.41, 5.74) is 0. The fourth-order valence-electron chi connectivity index (χ4n) is 1.99. The van der Waals surface area contributed by atoms with Crippen LogP contribution in [0.4, 0.5) is 0 Å². The van der Waals surface area contributed by atoms with E-state index in [4.69, 9.17) is 12.2 Å². The molecule has 0 spiro atoms. The van der Waals surface area contributed by atoms with Gasteiger partial charge in [0.25, 0.3) is 0 Å². The first-order chi connectivity index (χ1) is 7.75. The van der Waals surface area contributed by atoms with Gasteiger partial charge in [0.05, 0.1) is 6.04 Å². The van der Waals surface area contributed by atoms with Crippen molar-refractivity contribution in [1.82, 2.24) is 25.8 Å². The summed E-state index contributed by atoms with van der Waals surface area (Å²) in [5, 5.41) is 13.9. The Bertz CT molecular complexity index is 331. The lowest BCUT2D eigenvalue weighted by molar-refractivity contribution is 0.596. The fourth-order valence-corrected chi connectivity index (χ4v) is 2.33. The van der Waals surface area contributed by atoms with Crippen molar-refractivity contribution < 1.29 is 0 Å². The van der Waals surface area contributed by atoms with Crippen molar-refractivity contribution in [3.05, 3.63) is 12.2 Å². The zero-order chi connectivity index (χ0) is 11.4. The van der Waals surface area contributed by atoms with Gasteiger partial charge in [0.15, 0.2) is 5.11 Å². The van der Waals surface area contributed by atoms with Crippen molar-refractivity contribution in [2.24, 2.45) is 0 Å². The van der Waals surface area contributed by atoms with Crippen molar-refractivity contribution >= 4 is 17.3 Å². The Morgan fingerprint density at radius 3 is 2.94 bits per heavy atom. The van der Waals surface area contributed by atoms with E-state index >= 15 is 0 Å². The van der Waals surface area contributed by atoms with Gasteiger partial charge >= 0.3 is 0 Å². The molecule has 2 rings (SSSR count). The van der Waals surface area contributed by atoms with E-state index in [0.29, 0.717) is 11.2 Å². The van der Waals surface area contributed by atoms with E-state index in [-0.39, 0.29) is 6.04 Å². The van der Waals surface area contributed by atoms with Gasteiger partial charge in [-0.3, -0.25) is 5.10 Å².